The average molecular weight is 494 g/mol. The summed E-state index contributed by atoms with van der Waals surface area (Å²) >= 11 is 7.87. The van der Waals surface area contributed by atoms with Crippen molar-refractivity contribution in [3.8, 4) is 11.3 Å². The van der Waals surface area contributed by atoms with Gasteiger partial charge in [-0.05, 0) is 80.8 Å². The number of nitrogens with one attached hydrogen (secondary N) is 1. The quantitative estimate of drug-likeness (QED) is 0.216. The number of esters is 1. The summed E-state index contributed by atoms with van der Waals surface area (Å²) in [6.07, 6.45) is 8.47. The highest BCUT2D eigenvalue weighted by molar-refractivity contribution is 8.00. The van der Waals surface area contributed by atoms with Crippen LogP contribution in [-0.4, -0.2) is 23.0 Å². The number of hydrogen-bond acceptors (Lipinski definition) is 6. The van der Waals surface area contributed by atoms with Crippen molar-refractivity contribution in [2.24, 2.45) is 0 Å². The van der Waals surface area contributed by atoms with Gasteiger partial charge in [-0.3, -0.25) is 4.72 Å². The van der Waals surface area contributed by atoms with E-state index in [0.29, 0.717) is 16.7 Å². The highest BCUT2D eigenvalue weighted by atomic mass is 35.5. The Morgan fingerprint density at radius 3 is 2.62 bits per heavy atom. The molecular weight excluding hydrogens is 466 g/mol. The number of aryl methyl sites for hydroxylation is 1. The molecule has 0 atom stereocenters. The van der Waals surface area contributed by atoms with Crippen LogP contribution in [0.3, 0.4) is 0 Å². The molecule has 0 aliphatic heterocycles. The lowest BCUT2D eigenvalue weighted by Crippen LogP contribution is -2.03. The number of anilines is 1. The molecule has 4 rings (SSSR count). The minimum Gasteiger partial charge on any atom is -0.465 e. The summed E-state index contributed by atoms with van der Waals surface area (Å²) < 4.78 is 8.00. The zero-order chi connectivity index (χ0) is 24.1. The Morgan fingerprint density at radius 2 is 1.85 bits per heavy atom. The maximum Gasteiger partial charge on any atom is 0.337 e. The highest BCUT2D eigenvalue weighted by Crippen LogP contribution is 2.35. The largest absolute Gasteiger partial charge is 0.465 e. The van der Waals surface area contributed by atoms with Gasteiger partial charge in [-0.2, -0.15) is 0 Å². The van der Waals surface area contributed by atoms with Crippen LogP contribution in [0.5, 0.6) is 0 Å². The van der Waals surface area contributed by atoms with Gasteiger partial charge in [0.15, 0.2) is 0 Å². The number of carbonyl (C=O) groups is 1. The number of benzene rings is 2. The molecule has 1 saturated carbocycles. The first-order chi connectivity index (χ1) is 16.5. The van der Waals surface area contributed by atoms with Crippen LogP contribution in [0.15, 0.2) is 52.9 Å². The van der Waals surface area contributed by atoms with Crippen molar-refractivity contribution in [3.63, 3.8) is 0 Å². The smallest absolute Gasteiger partial charge is 0.337 e. The molecule has 0 spiro atoms. The molecule has 0 bridgehead atoms. The number of carbonyl (C=O) groups excluding carboxylic acids is 1. The minimum atomic E-state index is -0.376. The predicted octanol–water partition coefficient (Wildman–Crippen LogP) is 7.67. The van der Waals surface area contributed by atoms with Crippen LogP contribution in [-0.2, 0) is 4.74 Å². The van der Waals surface area contributed by atoms with Crippen LogP contribution in [0.1, 0.15) is 59.2 Å². The molecular formula is C27H28ClN3O2S. The van der Waals surface area contributed by atoms with E-state index in [-0.39, 0.29) is 5.97 Å². The van der Waals surface area contributed by atoms with Crippen molar-refractivity contribution in [2.75, 3.05) is 11.8 Å². The third-order valence-electron chi connectivity index (χ3n) is 6.00. The normalized spacial score (nSPS) is 13.5. The molecule has 0 saturated heterocycles. The van der Waals surface area contributed by atoms with Crippen molar-refractivity contribution in [1.29, 1.82) is 0 Å². The van der Waals surface area contributed by atoms with E-state index >= 15 is 0 Å². The monoisotopic (exact) mass is 493 g/mol. The molecule has 1 fully saturated rings. The molecule has 176 valence electrons. The molecule has 1 aliphatic carbocycles. The highest BCUT2D eigenvalue weighted by Gasteiger charge is 2.17. The van der Waals surface area contributed by atoms with E-state index in [1.807, 2.05) is 19.1 Å². The van der Waals surface area contributed by atoms with Gasteiger partial charge in [0, 0.05) is 16.0 Å². The average Bonchev–Trinajstić information content (AvgIpc) is 2.85. The Labute approximate surface area is 210 Å². The third kappa shape index (κ3) is 5.62. The molecule has 0 amide bonds. The Morgan fingerprint density at radius 1 is 1.09 bits per heavy atom. The Kier molecular flexibility index (Phi) is 7.91. The molecule has 34 heavy (non-hydrogen) atoms. The first kappa shape index (κ1) is 24.3. The summed E-state index contributed by atoms with van der Waals surface area (Å²) in [7, 11) is 1.37. The number of ether oxygens (including phenoxy) is 1. The number of methoxy groups -OCH3 is 1. The minimum absolute atomic E-state index is 0.376. The molecule has 5 nitrogen and oxygen atoms in total. The number of halogens is 1. The number of hydrogen-bond donors (Lipinski definition) is 1. The fourth-order valence-electron chi connectivity index (χ4n) is 4.19. The van der Waals surface area contributed by atoms with E-state index in [0.717, 1.165) is 40.1 Å². The predicted molar refractivity (Wildman–Crippen MR) is 140 cm³/mol. The molecule has 1 aromatic heterocycles. The van der Waals surface area contributed by atoms with E-state index in [2.05, 4.69) is 40.9 Å². The molecule has 1 heterocycles. The van der Waals surface area contributed by atoms with Gasteiger partial charge in [-0.15, -0.1) is 0 Å². The summed E-state index contributed by atoms with van der Waals surface area (Å²) in [6, 6.07) is 13.5. The van der Waals surface area contributed by atoms with Crippen molar-refractivity contribution in [1.82, 2.24) is 9.97 Å². The fraction of sp³-hybridized carbons (Fsp3) is 0.296. The van der Waals surface area contributed by atoms with Crippen molar-refractivity contribution >= 4 is 41.5 Å². The van der Waals surface area contributed by atoms with Crippen molar-refractivity contribution in [3.05, 3.63) is 75.4 Å². The Bertz CT molecular complexity index is 1230. The van der Waals surface area contributed by atoms with Gasteiger partial charge in [0.1, 0.15) is 5.15 Å². The standard InChI is InChI=1S/C27H28ClN3O2S/c1-17-9-7-12-20(15-19-10-5-4-6-11-19)23(17)24-18(2)25(28)30-27(29-24)31-34-22-14-8-13-21(16-22)26(32)33-3/h7-9,12-16H,4-6,10-11H2,1-3H3,(H,29,30,31). The SMILES string of the molecule is COC(=O)c1cccc(SNc2nc(Cl)c(C)c(-c3c(C)cccc3C=C3CCCCC3)n2)c1. The second-order valence-electron chi connectivity index (χ2n) is 8.44. The zero-order valence-corrected chi connectivity index (χ0v) is 21.2. The molecule has 0 radical (unpaired) electrons. The molecule has 0 unspecified atom stereocenters. The topological polar surface area (TPSA) is 64.1 Å². The van der Waals surface area contributed by atoms with Gasteiger partial charge in [0.2, 0.25) is 5.95 Å². The van der Waals surface area contributed by atoms with Crippen LogP contribution in [0.4, 0.5) is 5.95 Å². The Hall–Kier alpha value is -2.83. The fourth-order valence-corrected chi connectivity index (χ4v) is 4.99. The van der Waals surface area contributed by atoms with Gasteiger partial charge in [-0.1, -0.05) is 53.9 Å². The van der Waals surface area contributed by atoms with Gasteiger partial charge in [0.25, 0.3) is 0 Å². The number of nitrogens with zero attached hydrogens (tertiary/aromatic N) is 2. The molecule has 1 aliphatic rings. The summed E-state index contributed by atoms with van der Waals surface area (Å²) in [4.78, 5) is 22.0. The van der Waals surface area contributed by atoms with Crippen LogP contribution in [0.2, 0.25) is 5.15 Å². The lowest BCUT2D eigenvalue weighted by Gasteiger charge is -2.17. The molecule has 3 aromatic rings. The molecule has 7 heteroatoms. The summed E-state index contributed by atoms with van der Waals surface area (Å²) in [5.41, 5.74) is 7.05. The summed E-state index contributed by atoms with van der Waals surface area (Å²) in [6.45, 7) is 4.06. The van der Waals surface area contributed by atoms with E-state index in [1.54, 1.807) is 12.1 Å². The summed E-state index contributed by atoms with van der Waals surface area (Å²) in [5, 5.41) is 0.413. The van der Waals surface area contributed by atoms with Crippen LogP contribution in [0, 0.1) is 13.8 Å². The lowest BCUT2D eigenvalue weighted by molar-refractivity contribution is 0.0600. The zero-order valence-electron chi connectivity index (χ0n) is 19.7. The van der Waals surface area contributed by atoms with Gasteiger partial charge in [-0.25, -0.2) is 14.8 Å². The van der Waals surface area contributed by atoms with Crippen LogP contribution < -0.4 is 4.72 Å². The first-order valence-electron chi connectivity index (χ1n) is 11.4. The Balaban J connectivity index is 1.66. The number of aromatic nitrogens is 2. The van der Waals surface area contributed by atoms with Gasteiger partial charge in [0.05, 0.1) is 18.4 Å². The molecule has 1 N–H and O–H groups in total. The lowest BCUT2D eigenvalue weighted by atomic mass is 9.90. The number of rotatable bonds is 6. The van der Waals surface area contributed by atoms with E-state index in [1.165, 1.54) is 49.5 Å². The molecule has 2 aromatic carbocycles. The number of allylic oxidation sites excluding steroid dienone is 1. The second-order valence-corrected chi connectivity index (χ2v) is 9.68. The van der Waals surface area contributed by atoms with Gasteiger partial charge < -0.3 is 4.74 Å². The van der Waals surface area contributed by atoms with E-state index in [4.69, 9.17) is 21.3 Å². The van der Waals surface area contributed by atoms with Crippen LogP contribution in [0.25, 0.3) is 17.3 Å². The first-order valence-corrected chi connectivity index (χ1v) is 12.6. The van der Waals surface area contributed by atoms with Gasteiger partial charge >= 0.3 is 5.97 Å². The maximum absolute atomic E-state index is 11.8. The third-order valence-corrected chi connectivity index (χ3v) is 7.14. The maximum atomic E-state index is 11.8. The van der Waals surface area contributed by atoms with Crippen LogP contribution >= 0.6 is 23.5 Å². The second kappa shape index (κ2) is 11.1. The van der Waals surface area contributed by atoms with Crippen molar-refractivity contribution in [2.45, 2.75) is 50.8 Å². The van der Waals surface area contributed by atoms with E-state index in [9.17, 15) is 4.79 Å². The van der Waals surface area contributed by atoms with Crippen molar-refractivity contribution < 1.29 is 9.53 Å². The summed E-state index contributed by atoms with van der Waals surface area (Å²) in [5.74, 6) is 0.0390. The van der Waals surface area contributed by atoms with E-state index < -0.39 is 0 Å².